The van der Waals surface area contributed by atoms with Crippen LogP contribution in [0.5, 0.6) is 0 Å². The highest BCUT2D eigenvalue weighted by Gasteiger charge is 2.32. The minimum absolute atomic E-state index is 0.0521. The normalized spacial score (nSPS) is 30.7. The summed E-state index contributed by atoms with van der Waals surface area (Å²) in [5, 5.41) is 8.80. The predicted molar refractivity (Wildman–Crippen MR) is 89.6 cm³/mol. The summed E-state index contributed by atoms with van der Waals surface area (Å²) in [6.45, 7) is 3.62. The summed E-state index contributed by atoms with van der Waals surface area (Å²) in [5.41, 5.74) is 0.702. The average molecular weight is 331 g/mol. The van der Waals surface area contributed by atoms with E-state index in [1.165, 1.54) is 50.7 Å². The molecule has 2 aliphatic rings. The number of rotatable bonds is 4. The highest BCUT2D eigenvalue weighted by atomic mass is 19.1. The first kappa shape index (κ1) is 17.4. The second kappa shape index (κ2) is 8.09. The van der Waals surface area contributed by atoms with Gasteiger partial charge < -0.3 is 9.47 Å². The molecular formula is C20H26FNO2. The summed E-state index contributed by atoms with van der Waals surface area (Å²) >= 11 is 0. The molecule has 3 rings (SSSR count). The third kappa shape index (κ3) is 3.96. The van der Waals surface area contributed by atoms with E-state index >= 15 is 0 Å². The molecule has 4 heteroatoms. The molecular weight excluding hydrogens is 305 g/mol. The maximum atomic E-state index is 13.7. The summed E-state index contributed by atoms with van der Waals surface area (Å²) in [6, 6.07) is 6.37. The molecule has 1 aliphatic carbocycles. The number of halogens is 1. The molecule has 1 aromatic carbocycles. The van der Waals surface area contributed by atoms with Crippen molar-refractivity contribution >= 4 is 0 Å². The molecule has 0 spiro atoms. The Morgan fingerprint density at radius 3 is 2.42 bits per heavy atom. The van der Waals surface area contributed by atoms with Crippen LogP contribution in [0.1, 0.15) is 62.9 Å². The first-order valence-corrected chi connectivity index (χ1v) is 9.14. The molecule has 0 unspecified atom stereocenters. The van der Waals surface area contributed by atoms with Crippen molar-refractivity contribution in [3.05, 3.63) is 35.1 Å². The smallest absolute Gasteiger partial charge is 0.183 e. The number of nitriles is 1. The van der Waals surface area contributed by atoms with Gasteiger partial charge in [-0.3, -0.25) is 0 Å². The second-order valence-electron chi connectivity index (χ2n) is 7.18. The van der Waals surface area contributed by atoms with Crippen LogP contribution in [0.15, 0.2) is 18.2 Å². The summed E-state index contributed by atoms with van der Waals surface area (Å²) in [5.74, 6) is 1.54. The van der Waals surface area contributed by atoms with Crippen LogP contribution in [0.25, 0.3) is 0 Å². The summed E-state index contributed by atoms with van der Waals surface area (Å²) < 4.78 is 25.5. The molecule has 2 fully saturated rings. The first-order valence-electron chi connectivity index (χ1n) is 9.14. The molecule has 0 aromatic heterocycles. The van der Waals surface area contributed by atoms with Crippen molar-refractivity contribution < 1.29 is 13.9 Å². The van der Waals surface area contributed by atoms with Crippen LogP contribution in [0, 0.1) is 34.9 Å². The molecule has 1 aromatic rings. The van der Waals surface area contributed by atoms with Gasteiger partial charge in [-0.05, 0) is 36.8 Å². The van der Waals surface area contributed by atoms with Gasteiger partial charge in [0.05, 0.1) is 18.8 Å². The minimum atomic E-state index is -0.515. The molecule has 1 heterocycles. The van der Waals surface area contributed by atoms with E-state index in [0.29, 0.717) is 30.6 Å². The summed E-state index contributed by atoms with van der Waals surface area (Å²) in [7, 11) is 0. The Labute approximate surface area is 143 Å². The number of hydrogen-bond donors (Lipinski definition) is 0. The van der Waals surface area contributed by atoms with Gasteiger partial charge in [0.1, 0.15) is 11.9 Å². The van der Waals surface area contributed by atoms with Gasteiger partial charge in [0, 0.05) is 11.5 Å². The van der Waals surface area contributed by atoms with Gasteiger partial charge >= 0.3 is 0 Å². The molecule has 0 N–H and O–H groups in total. The van der Waals surface area contributed by atoms with Crippen molar-refractivity contribution in [2.24, 2.45) is 17.8 Å². The second-order valence-corrected chi connectivity index (χ2v) is 7.18. The van der Waals surface area contributed by atoms with Crippen LogP contribution < -0.4 is 0 Å². The quantitative estimate of drug-likeness (QED) is 0.782. The maximum absolute atomic E-state index is 13.7. The van der Waals surface area contributed by atoms with Crippen molar-refractivity contribution in [2.75, 3.05) is 13.2 Å². The predicted octanol–water partition coefficient (Wildman–Crippen LogP) is 4.97. The Bertz CT molecular complexity index is 582. The van der Waals surface area contributed by atoms with Crippen LogP contribution >= 0.6 is 0 Å². The maximum Gasteiger partial charge on any atom is 0.183 e. The van der Waals surface area contributed by atoms with Crippen molar-refractivity contribution in [1.82, 2.24) is 0 Å². The highest BCUT2D eigenvalue weighted by molar-refractivity contribution is 5.33. The summed E-state index contributed by atoms with van der Waals surface area (Å²) in [6.07, 6.45) is 7.35. The van der Waals surface area contributed by atoms with Crippen molar-refractivity contribution in [1.29, 1.82) is 5.26 Å². The lowest BCUT2D eigenvalue weighted by Gasteiger charge is -2.37. The third-order valence-electron chi connectivity index (χ3n) is 5.56. The van der Waals surface area contributed by atoms with Gasteiger partial charge in [0.2, 0.25) is 0 Å². The Morgan fingerprint density at radius 1 is 1.12 bits per heavy atom. The molecule has 0 amide bonds. The van der Waals surface area contributed by atoms with Gasteiger partial charge in [-0.1, -0.05) is 38.7 Å². The van der Waals surface area contributed by atoms with Crippen LogP contribution in [0.2, 0.25) is 0 Å². The Morgan fingerprint density at radius 2 is 1.83 bits per heavy atom. The van der Waals surface area contributed by atoms with Crippen molar-refractivity contribution in [3.63, 3.8) is 0 Å². The van der Waals surface area contributed by atoms with Crippen molar-refractivity contribution in [2.45, 2.75) is 51.7 Å². The van der Waals surface area contributed by atoms with Crippen LogP contribution in [-0.2, 0) is 9.47 Å². The SMILES string of the molecule is CCC[C@H]1CC[C@H](C2COC(c3ccc(C#N)c(F)c3)OC2)CC1. The Hall–Kier alpha value is -1.44. The molecule has 1 saturated heterocycles. The molecule has 1 saturated carbocycles. The molecule has 0 bridgehead atoms. The standard InChI is InChI=1S/C20H26FNO2/c1-2-3-14-4-6-15(7-5-14)18-12-23-20(24-13-18)16-8-9-17(11-22)19(21)10-16/h8-10,14-15,18,20H,2-7,12-13H2,1H3/t14-,15-,18?,20?. The fourth-order valence-electron chi connectivity index (χ4n) is 4.11. The number of benzene rings is 1. The number of hydrogen-bond acceptors (Lipinski definition) is 3. The van der Waals surface area contributed by atoms with Crippen LogP contribution in [-0.4, -0.2) is 13.2 Å². The van der Waals surface area contributed by atoms with E-state index in [2.05, 4.69) is 6.92 Å². The Kier molecular flexibility index (Phi) is 5.86. The van der Waals surface area contributed by atoms with E-state index in [-0.39, 0.29) is 5.56 Å². The molecule has 130 valence electrons. The fourth-order valence-corrected chi connectivity index (χ4v) is 4.11. The zero-order valence-corrected chi connectivity index (χ0v) is 14.3. The molecule has 24 heavy (non-hydrogen) atoms. The lowest BCUT2D eigenvalue weighted by atomic mass is 9.75. The van der Waals surface area contributed by atoms with E-state index in [4.69, 9.17) is 14.7 Å². The molecule has 1 aliphatic heterocycles. The van der Waals surface area contributed by atoms with Crippen molar-refractivity contribution in [3.8, 4) is 6.07 Å². The topological polar surface area (TPSA) is 42.2 Å². The lowest BCUT2D eigenvalue weighted by Crippen LogP contribution is -2.34. The van der Waals surface area contributed by atoms with E-state index in [1.807, 2.05) is 6.07 Å². The van der Waals surface area contributed by atoms with Gasteiger partial charge in [0.25, 0.3) is 0 Å². The van der Waals surface area contributed by atoms with Gasteiger partial charge in [0.15, 0.2) is 6.29 Å². The van der Waals surface area contributed by atoms with E-state index < -0.39 is 12.1 Å². The van der Waals surface area contributed by atoms with E-state index in [9.17, 15) is 4.39 Å². The van der Waals surface area contributed by atoms with Gasteiger partial charge in [-0.2, -0.15) is 5.26 Å². The Balaban J connectivity index is 1.51. The largest absolute Gasteiger partial charge is 0.348 e. The minimum Gasteiger partial charge on any atom is -0.348 e. The fraction of sp³-hybridized carbons (Fsp3) is 0.650. The number of nitrogens with zero attached hydrogens (tertiary/aromatic N) is 1. The third-order valence-corrected chi connectivity index (χ3v) is 5.56. The lowest BCUT2D eigenvalue weighted by molar-refractivity contribution is -0.214. The monoisotopic (exact) mass is 331 g/mol. The van der Waals surface area contributed by atoms with E-state index in [1.54, 1.807) is 6.07 Å². The van der Waals surface area contributed by atoms with Crippen LogP contribution in [0.4, 0.5) is 4.39 Å². The molecule has 0 radical (unpaired) electrons. The zero-order valence-electron chi connectivity index (χ0n) is 14.3. The highest BCUT2D eigenvalue weighted by Crippen LogP contribution is 2.38. The first-order chi connectivity index (χ1) is 11.7. The van der Waals surface area contributed by atoms with E-state index in [0.717, 1.165) is 5.92 Å². The summed E-state index contributed by atoms with van der Waals surface area (Å²) in [4.78, 5) is 0. The van der Waals surface area contributed by atoms with Crippen LogP contribution in [0.3, 0.4) is 0 Å². The van der Waals surface area contributed by atoms with Gasteiger partial charge in [-0.25, -0.2) is 4.39 Å². The molecule has 0 atom stereocenters. The van der Waals surface area contributed by atoms with Gasteiger partial charge in [-0.15, -0.1) is 0 Å². The zero-order chi connectivity index (χ0) is 16.9. The molecule has 3 nitrogen and oxygen atoms in total. The average Bonchev–Trinajstić information content (AvgIpc) is 2.63. The number of ether oxygens (including phenoxy) is 2.